The Bertz CT molecular complexity index is 347. The normalized spacial score (nSPS) is 12.6. The smallest absolute Gasteiger partial charge is 0.417 e. The first-order valence-electron chi connectivity index (χ1n) is 5.54. The molecule has 18 heavy (non-hydrogen) atoms. The number of nitrogens with one attached hydrogen (secondary N) is 1. The maximum absolute atomic E-state index is 12.0. The van der Waals surface area contributed by atoms with Crippen LogP contribution in [0.4, 0.5) is 4.79 Å². The summed E-state index contributed by atoms with van der Waals surface area (Å²) in [7, 11) is 3.18. The van der Waals surface area contributed by atoms with E-state index in [0.717, 1.165) is 4.90 Å². The Balaban J connectivity index is 5.17. The molecule has 3 N–H and O–H groups in total. The third kappa shape index (κ3) is 4.60. The van der Waals surface area contributed by atoms with Crippen molar-refractivity contribution in [3.05, 3.63) is 0 Å². The Morgan fingerprint density at radius 1 is 1.28 bits per heavy atom. The molecule has 7 nitrogen and oxygen atoms in total. The van der Waals surface area contributed by atoms with E-state index >= 15 is 0 Å². The van der Waals surface area contributed by atoms with Crippen molar-refractivity contribution >= 4 is 18.0 Å². The number of carbonyl (C=O) groups excluding carboxylic acids is 2. The molecule has 0 aromatic carbocycles. The molecule has 0 saturated carbocycles. The van der Waals surface area contributed by atoms with E-state index < -0.39 is 23.6 Å². The summed E-state index contributed by atoms with van der Waals surface area (Å²) in [6.45, 7) is 6.57. The van der Waals surface area contributed by atoms with Crippen LogP contribution in [-0.4, -0.2) is 53.5 Å². The maximum Gasteiger partial charge on any atom is 0.417 e. The second-order valence-electron chi connectivity index (χ2n) is 5.15. The van der Waals surface area contributed by atoms with Gasteiger partial charge >= 0.3 is 6.09 Å². The van der Waals surface area contributed by atoms with E-state index in [2.05, 4.69) is 0 Å². The van der Waals surface area contributed by atoms with Crippen LogP contribution in [0.25, 0.3) is 0 Å². The summed E-state index contributed by atoms with van der Waals surface area (Å²) in [5.41, 5.74) is 4.46. The van der Waals surface area contributed by atoms with Crippen LogP contribution in [0, 0.1) is 5.41 Å². The zero-order valence-electron chi connectivity index (χ0n) is 11.8. The summed E-state index contributed by atoms with van der Waals surface area (Å²) in [6.07, 6.45) is -0.771. The molecule has 0 radical (unpaired) electrons. The quantitative estimate of drug-likeness (QED) is 0.559. The Morgan fingerprint density at radius 3 is 2.00 bits per heavy atom. The number of guanidine groups is 1. The van der Waals surface area contributed by atoms with Gasteiger partial charge in [0.2, 0.25) is 11.9 Å². The van der Waals surface area contributed by atoms with Crippen molar-refractivity contribution in [1.29, 1.82) is 5.41 Å². The van der Waals surface area contributed by atoms with Crippen LogP contribution in [0.1, 0.15) is 27.7 Å². The van der Waals surface area contributed by atoms with Gasteiger partial charge in [0.1, 0.15) is 11.6 Å². The lowest BCUT2D eigenvalue weighted by atomic mass is 10.2. The fourth-order valence-electron chi connectivity index (χ4n) is 1.08. The summed E-state index contributed by atoms with van der Waals surface area (Å²) in [5.74, 6) is -0.858. The van der Waals surface area contributed by atoms with Crippen LogP contribution in [-0.2, 0) is 9.53 Å². The third-order valence-corrected chi connectivity index (χ3v) is 2.04. The second-order valence-corrected chi connectivity index (χ2v) is 5.15. The predicted octanol–water partition coefficient (Wildman–Crippen LogP) is 0.594. The van der Waals surface area contributed by atoms with Crippen molar-refractivity contribution < 1.29 is 14.3 Å². The number of ether oxygens (including phenoxy) is 1. The first-order valence-corrected chi connectivity index (χ1v) is 5.54. The van der Waals surface area contributed by atoms with Gasteiger partial charge in [-0.2, -0.15) is 0 Å². The van der Waals surface area contributed by atoms with Gasteiger partial charge in [-0.1, -0.05) is 0 Å². The van der Waals surface area contributed by atoms with Crippen LogP contribution in [0.2, 0.25) is 0 Å². The summed E-state index contributed by atoms with van der Waals surface area (Å²) < 4.78 is 5.15. The minimum Gasteiger partial charge on any atom is -0.443 e. The molecule has 0 aliphatic carbocycles. The first-order chi connectivity index (χ1) is 7.97. The lowest BCUT2D eigenvalue weighted by Crippen LogP contribution is -2.54. The minimum absolute atomic E-state index is 0.157. The highest BCUT2D eigenvalue weighted by Crippen LogP contribution is 2.13. The van der Waals surface area contributed by atoms with E-state index in [1.165, 1.54) is 11.8 Å². The van der Waals surface area contributed by atoms with Crippen molar-refractivity contribution in [2.45, 2.75) is 39.3 Å². The topological polar surface area (TPSA) is 99.7 Å². The van der Waals surface area contributed by atoms with Gasteiger partial charge in [0, 0.05) is 14.1 Å². The molecule has 0 heterocycles. The molecule has 1 unspecified atom stereocenters. The lowest BCUT2D eigenvalue weighted by Gasteiger charge is -2.32. The molecule has 0 spiro atoms. The van der Waals surface area contributed by atoms with Gasteiger partial charge in [-0.05, 0) is 27.7 Å². The van der Waals surface area contributed by atoms with Crippen LogP contribution >= 0.6 is 0 Å². The van der Waals surface area contributed by atoms with E-state index in [1.807, 2.05) is 0 Å². The fourth-order valence-corrected chi connectivity index (χ4v) is 1.08. The number of rotatable bonds is 2. The SMILES string of the molecule is CC(C(N)=O)N(C(=N)N(C)C)C(=O)OC(C)(C)C. The molecule has 1 atom stereocenters. The van der Waals surface area contributed by atoms with Gasteiger partial charge in [-0.15, -0.1) is 0 Å². The monoisotopic (exact) mass is 258 g/mol. The lowest BCUT2D eigenvalue weighted by molar-refractivity contribution is -0.121. The number of hydrogen-bond donors (Lipinski definition) is 2. The van der Waals surface area contributed by atoms with E-state index in [1.54, 1.807) is 34.9 Å². The molecule has 0 aromatic rings. The van der Waals surface area contributed by atoms with Gasteiger partial charge in [0.25, 0.3) is 0 Å². The predicted molar refractivity (Wildman–Crippen MR) is 68.1 cm³/mol. The summed E-state index contributed by atoms with van der Waals surface area (Å²) in [5, 5.41) is 7.81. The molecule has 0 aliphatic rings. The molecule has 0 rings (SSSR count). The molecule has 2 amide bonds. The van der Waals surface area contributed by atoms with Crippen molar-refractivity contribution in [2.75, 3.05) is 14.1 Å². The molecule has 0 aliphatic heterocycles. The average molecular weight is 258 g/mol. The summed E-state index contributed by atoms with van der Waals surface area (Å²) >= 11 is 0. The number of amides is 2. The van der Waals surface area contributed by atoms with Crippen molar-refractivity contribution in [2.24, 2.45) is 5.73 Å². The van der Waals surface area contributed by atoms with Crippen LogP contribution in [0.5, 0.6) is 0 Å². The Morgan fingerprint density at radius 2 is 1.72 bits per heavy atom. The minimum atomic E-state index is -0.949. The molecule has 0 aromatic heterocycles. The molecule has 104 valence electrons. The highest BCUT2D eigenvalue weighted by molar-refractivity contribution is 5.97. The molecule has 7 heteroatoms. The van der Waals surface area contributed by atoms with E-state index in [-0.39, 0.29) is 5.96 Å². The Labute approximate surface area is 107 Å². The van der Waals surface area contributed by atoms with E-state index in [9.17, 15) is 9.59 Å². The average Bonchev–Trinajstić information content (AvgIpc) is 2.14. The van der Waals surface area contributed by atoms with Crippen molar-refractivity contribution in [1.82, 2.24) is 9.80 Å². The number of primary amides is 1. The van der Waals surface area contributed by atoms with Crippen molar-refractivity contribution in [3.8, 4) is 0 Å². The second kappa shape index (κ2) is 5.70. The maximum atomic E-state index is 12.0. The van der Waals surface area contributed by atoms with E-state index in [0.29, 0.717) is 0 Å². The first kappa shape index (κ1) is 16.2. The Kier molecular flexibility index (Phi) is 5.13. The number of carbonyl (C=O) groups is 2. The summed E-state index contributed by atoms with van der Waals surface area (Å²) in [6, 6.07) is -0.949. The van der Waals surface area contributed by atoms with Crippen LogP contribution in [0.3, 0.4) is 0 Å². The van der Waals surface area contributed by atoms with Gasteiger partial charge in [0.15, 0.2) is 0 Å². The molecule has 0 saturated heterocycles. The van der Waals surface area contributed by atoms with E-state index in [4.69, 9.17) is 15.9 Å². The zero-order valence-corrected chi connectivity index (χ0v) is 11.8. The molecule has 0 bridgehead atoms. The summed E-state index contributed by atoms with van der Waals surface area (Å²) in [4.78, 5) is 25.5. The standard InChI is InChI=1S/C11H22N4O3/c1-7(8(12)16)15(9(13)14(5)6)10(17)18-11(2,3)4/h7,13H,1-6H3,(H2,12,16). The van der Waals surface area contributed by atoms with Crippen LogP contribution in [0.15, 0.2) is 0 Å². The highest BCUT2D eigenvalue weighted by atomic mass is 16.6. The van der Waals surface area contributed by atoms with Crippen LogP contribution < -0.4 is 5.73 Å². The number of nitrogens with zero attached hydrogens (tertiary/aromatic N) is 2. The molecule has 0 fully saturated rings. The molecular weight excluding hydrogens is 236 g/mol. The fraction of sp³-hybridized carbons (Fsp3) is 0.727. The molecular formula is C11H22N4O3. The van der Waals surface area contributed by atoms with Crippen molar-refractivity contribution in [3.63, 3.8) is 0 Å². The van der Waals surface area contributed by atoms with Gasteiger partial charge < -0.3 is 15.4 Å². The van der Waals surface area contributed by atoms with Gasteiger partial charge in [-0.3, -0.25) is 10.2 Å². The van der Waals surface area contributed by atoms with Gasteiger partial charge in [-0.25, -0.2) is 9.69 Å². The zero-order chi connectivity index (χ0) is 14.7. The Hall–Kier alpha value is -1.79. The number of nitrogens with two attached hydrogens (primary N) is 1. The highest BCUT2D eigenvalue weighted by Gasteiger charge is 2.32. The largest absolute Gasteiger partial charge is 0.443 e. The third-order valence-electron chi connectivity index (χ3n) is 2.04. The number of hydrogen-bond acceptors (Lipinski definition) is 4. The van der Waals surface area contributed by atoms with Gasteiger partial charge in [0.05, 0.1) is 0 Å².